The van der Waals surface area contributed by atoms with Gasteiger partial charge < -0.3 is 19.4 Å². The van der Waals surface area contributed by atoms with E-state index in [0.29, 0.717) is 0 Å². The first kappa shape index (κ1) is 15.1. The fourth-order valence-electron chi connectivity index (χ4n) is 0.655. The first-order valence-corrected chi connectivity index (χ1v) is 4.71. The van der Waals surface area contributed by atoms with Crippen LogP contribution in [0.25, 0.3) is 0 Å². The van der Waals surface area contributed by atoms with Gasteiger partial charge in [0.2, 0.25) is 0 Å². The number of aliphatic hydroxyl groups excluding tert-OH is 1. The predicted octanol–water partition coefficient (Wildman–Crippen LogP) is -0.358. The number of hydrogen-bond acceptors (Lipinski definition) is 7. The van der Waals surface area contributed by atoms with Crippen LogP contribution in [0, 0.1) is 0 Å². The molecule has 0 bridgehead atoms. The number of carbonyl (C=O) groups excluding carboxylic acids is 2. The lowest BCUT2D eigenvalue weighted by Crippen LogP contribution is -2.25. The Kier molecular flexibility index (Phi) is 7.36. The van der Waals surface area contributed by atoms with Crippen LogP contribution >= 0.6 is 0 Å². The van der Waals surface area contributed by atoms with Gasteiger partial charge in [0.25, 0.3) is 0 Å². The fraction of sp³-hybridized carbons (Fsp3) is 0.500. The summed E-state index contributed by atoms with van der Waals surface area (Å²) in [5.74, 6) is -1.38. The summed E-state index contributed by atoms with van der Waals surface area (Å²) in [6.07, 6.45) is -0.287. The molecule has 0 aromatic carbocycles. The van der Waals surface area contributed by atoms with Crippen LogP contribution in [0.4, 0.5) is 0 Å². The van der Waals surface area contributed by atoms with Crippen LogP contribution in [-0.2, 0) is 23.9 Å². The van der Waals surface area contributed by atoms with Gasteiger partial charge in [0, 0.05) is 5.57 Å². The van der Waals surface area contributed by atoms with Crippen LogP contribution in [0.3, 0.4) is 0 Å². The molecule has 0 spiro atoms. The van der Waals surface area contributed by atoms with E-state index in [9.17, 15) is 14.7 Å². The molecular formula is C10H15NO6. The first-order valence-electron chi connectivity index (χ1n) is 4.71. The third kappa shape index (κ3) is 7.97. The van der Waals surface area contributed by atoms with Gasteiger partial charge in [0.15, 0.2) is 6.21 Å². The summed E-state index contributed by atoms with van der Waals surface area (Å²) >= 11 is 0. The van der Waals surface area contributed by atoms with E-state index in [1.54, 1.807) is 0 Å². The molecule has 0 aromatic rings. The summed E-state index contributed by atoms with van der Waals surface area (Å²) in [6, 6.07) is 0. The quantitative estimate of drug-likeness (QED) is 0.285. The van der Waals surface area contributed by atoms with E-state index in [1.165, 1.54) is 14.0 Å². The fourth-order valence-corrected chi connectivity index (χ4v) is 0.655. The zero-order valence-corrected chi connectivity index (χ0v) is 9.71. The second kappa shape index (κ2) is 8.28. The first-order chi connectivity index (χ1) is 7.97. The lowest BCUT2D eigenvalue weighted by atomic mass is 10.3. The van der Waals surface area contributed by atoms with Gasteiger partial charge in [-0.3, -0.25) is 0 Å². The van der Waals surface area contributed by atoms with E-state index >= 15 is 0 Å². The van der Waals surface area contributed by atoms with Crippen molar-refractivity contribution in [1.82, 2.24) is 0 Å². The maximum absolute atomic E-state index is 10.9. The number of nitrogens with zero attached hydrogens (tertiary/aromatic N) is 1. The average Bonchev–Trinajstić information content (AvgIpc) is 2.30. The second-order valence-corrected chi connectivity index (χ2v) is 3.08. The number of carbonyl (C=O) groups is 2. The van der Waals surface area contributed by atoms with E-state index < -0.39 is 18.0 Å². The van der Waals surface area contributed by atoms with Crippen molar-refractivity contribution in [2.24, 2.45) is 5.16 Å². The molecule has 0 aliphatic carbocycles. The minimum atomic E-state index is -1.10. The standard InChI is InChI=1S/C10H15NO6/c1-7(2)10(14)17-6-8(12)5-16-9(13)4-11-15-3/h4,8,12H,1,5-6H2,2-3H3/b11-4+. The molecule has 0 saturated heterocycles. The summed E-state index contributed by atoms with van der Waals surface area (Å²) in [7, 11) is 1.27. The lowest BCUT2D eigenvalue weighted by Gasteiger charge is -2.10. The third-order valence-corrected chi connectivity index (χ3v) is 1.44. The molecule has 0 aromatic heterocycles. The van der Waals surface area contributed by atoms with Gasteiger partial charge >= 0.3 is 11.9 Å². The van der Waals surface area contributed by atoms with Crippen LogP contribution in [0.5, 0.6) is 0 Å². The number of ether oxygens (including phenoxy) is 2. The molecule has 96 valence electrons. The molecule has 0 heterocycles. The normalized spacial score (nSPS) is 11.9. The van der Waals surface area contributed by atoms with Gasteiger partial charge in [0.05, 0.1) is 0 Å². The van der Waals surface area contributed by atoms with Crippen molar-refractivity contribution in [3.8, 4) is 0 Å². The Labute approximate surface area is 98.6 Å². The number of esters is 2. The zero-order chi connectivity index (χ0) is 13.3. The van der Waals surface area contributed by atoms with Crippen molar-refractivity contribution in [3.63, 3.8) is 0 Å². The van der Waals surface area contributed by atoms with Crippen LogP contribution in [0.15, 0.2) is 17.3 Å². The maximum Gasteiger partial charge on any atom is 0.352 e. The van der Waals surface area contributed by atoms with E-state index in [4.69, 9.17) is 0 Å². The minimum absolute atomic E-state index is 0.224. The molecule has 0 radical (unpaired) electrons. The van der Waals surface area contributed by atoms with Crippen molar-refractivity contribution in [2.45, 2.75) is 13.0 Å². The Morgan fingerprint density at radius 3 is 2.53 bits per heavy atom. The molecule has 0 saturated carbocycles. The van der Waals surface area contributed by atoms with Crippen LogP contribution in [-0.4, -0.2) is 49.7 Å². The lowest BCUT2D eigenvalue weighted by molar-refractivity contribution is -0.145. The maximum atomic E-state index is 10.9. The van der Waals surface area contributed by atoms with Gasteiger partial charge in [-0.05, 0) is 6.92 Å². The predicted molar refractivity (Wildman–Crippen MR) is 58.2 cm³/mol. The summed E-state index contributed by atoms with van der Waals surface area (Å²) < 4.78 is 9.21. The molecule has 1 N–H and O–H groups in total. The molecule has 17 heavy (non-hydrogen) atoms. The van der Waals surface area contributed by atoms with Crippen LogP contribution in [0.1, 0.15) is 6.92 Å². The van der Waals surface area contributed by atoms with Crippen molar-refractivity contribution in [3.05, 3.63) is 12.2 Å². The van der Waals surface area contributed by atoms with E-state index in [2.05, 4.69) is 26.0 Å². The Morgan fingerprint density at radius 1 is 1.41 bits per heavy atom. The SMILES string of the molecule is C=C(C)C(=O)OCC(O)COC(=O)/C=N/OC. The van der Waals surface area contributed by atoms with Gasteiger partial charge in [-0.25, -0.2) is 9.59 Å². The van der Waals surface area contributed by atoms with E-state index in [-0.39, 0.29) is 18.8 Å². The smallest absolute Gasteiger partial charge is 0.352 e. The molecule has 7 heteroatoms. The van der Waals surface area contributed by atoms with Crippen molar-refractivity contribution in [1.29, 1.82) is 0 Å². The monoisotopic (exact) mass is 245 g/mol. The minimum Gasteiger partial charge on any atom is -0.459 e. The molecule has 7 nitrogen and oxygen atoms in total. The van der Waals surface area contributed by atoms with Crippen LogP contribution < -0.4 is 0 Å². The topological polar surface area (TPSA) is 94.4 Å². The van der Waals surface area contributed by atoms with Gasteiger partial charge in [0.1, 0.15) is 26.4 Å². The summed E-state index contributed by atoms with van der Waals surface area (Å²) in [4.78, 5) is 26.1. The Hall–Kier alpha value is -1.89. The highest BCUT2D eigenvalue weighted by Crippen LogP contribution is 1.95. The Morgan fingerprint density at radius 2 is 2.00 bits per heavy atom. The molecule has 0 aliphatic heterocycles. The second-order valence-electron chi connectivity index (χ2n) is 3.08. The van der Waals surface area contributed by atoms with Gasteiger partial charge in [-0.2, -0.15) is 0 Å². The molecule has 0 fully saturated rings. The summed E-state index contributed by atoms with van der Waals surface area (Å²) in [5, 5.41) is 12.5. The highest BCUT2D eigenvalue weighted by molar-refractivity contribution is 6.22. The largest absolute Gasteiger partial charge is 0.459 e. The Bertz CT molecular complexity index is 312. The highest BCUT2D eigenvalue weighted by atomic mass is 16.6. The third-order valence-electron chi connectivity index (χ3n) is 1.44. The van der Waals surface area contributed by atoms with Crippen LogP contribution in [0.2, 0.25) is 0 Å². The van der Waals surface area contributed by atoms with Gasteiger partial charge in [-0.1, -0.05) is 11.7 Å². The highest BCUT2D eigenvalue weighted by Gasteiger charge is 2.11. The molecule has 1 unspecified atom stereocenters. The zero-order valence-electron chi connectivity index (χ0n) is 9.71. The molecule has 1 atom stereocenters. The van der Waals surface area contributed by atoms with Crippen molar-refractivity contribution in [2.75, 3.05) is 20.3 Å². The number of oxime groups is 1. The van der Waals surface area contributed by atoms with Crippen molar-refractivity contribution < 1.29 is 29.0 Å². The van der Waals surface area contributed by atoms with E-state index in [0.717, 1.165) is 6.21 Å². The average molecular weight is 245 g/mol. The molecule has 0 aliphatic rings. The molecule has 0 amide bonds. The van der Waals surface area contributed by atoms with E-state index in [1.807, 2.05) is 0 Å². The van der Waals surface area contributed by atoms with Gasteiger partial charge in [-0.15, -0.1) is 0 Å². The Balaban J connectivity index is 3.76. The molecule has 0 rings (SSSR count). The number of rotatable bonds is 7. The summed E-state index contributed by atoms with van der Waals surface area (Å²) in [6.45, 7) is 4.27. The summed E-state index contributed by atoms with van der Waals surface area (Å²) in [5.41, 5.74) is 0.224. The number of aliphatic hydroxyl groups is 1. The number of hydrogen-bond donors (Lipinski definition) is 1. The molecular weight excluding hydrogens is 230 g/mol. The van der Waals surface area contributed by atoms with Crippen molar-refractivity contribution >= 4 is 18.2 Å².